The molecule has 0 bridgehead atoms. The van der Waals surface area contributed by atoms with Crippen molar-refractivity contribution < 1.29 is 4.79 Å². The van der Waals surface area contributed by atoms with Crippen molar-refractivity contribution in [3.05, 3.63) is 65.0 Å². The van der Waals surface area contributed by atoms with Crippen LogP contribution in [0.5, 0.6) is 0 Å². The lowest BCUT2D eigenvalue weighted by Crippen LogP contribution is -2.14. The van der Waals surface area contributed by atoms with E-state index in [1.807, 2.05) is 53.9 Å². The molecule has 0 fully saturated rings. The Balaban J connectivity index is 1.77. The van der Waals surface area contributed by atoms with E-state index >= 15 is 0 Å². The number of nitrogen functional groups attached to an aromatic ring is 1. The van der Waals surface area contributed by atoms with E-state index in [0.717, 1.165) is 16.9 Å². The number of hydrogen-bond acceptors (Lipinski definition) is 4. The third kappa shape index (κ3) is 4.06. The number of rotatable bonds is 3. The molecule has 1 aromatic heterocycles. The number of carbonyl (C=O) groups excluding carboxylic acids is 1. The lowest BCUT2D eigenvalue weighted by molar-refractivity contribution is 0.102. The van der Waals surface area contributed by atoms with E-state index < -0.39 is 0 Å². The fourth-order valence-electron chi connectivity index (χ4n) is 2.50. The minimum absolute atomic E-state index is 0.0682. The van der Waals surface area contributed by atoms with Crippen LogP contribution in [-0.4, -0.2) is 10.9 Å². The number of carbonyl (C=O) groups is 1. The van der Waals surface area contributed by atoms with Gasteiger partial charge in [-0.25, -0.2) is 4.98 Å². The fraction of sp³-hybridized carbons (Fsp3) is 0.200. The monoisotopic (exact) mass is 351 g/mol. The molecule has 0 saturated carbocycles. The van der Waals surface area contributed by atoms with Gasteiger partial charge in [-0.1, -0.05) is 45.0 Å². The summed E-state index contributed by atoms with van der Waals surface area (Å²) in [5.41, 5.74) is 10.1. The van der Waals surface area contributed by atoms with E-state index in [1.165, 1.54) is 16.9 Å². The highest BCUT2D eigenvalue weighted by Gasteiger charge is 2.14. The van der Waals surface area contributed by atoms with Gasteiger partial charge in [-0.3, -0.25) is 4.79 Å². The first-order chi connectivity index (χ1) is 11.8. The van der Waals surface area contributed by atoms with Crippen LogP contribution in [-0.2, 0) is 5.41 Å². The average Bonchev–Trinajstić information content (AvgIpc) is 3.01. The summed E-state index contributed by atoms with van der Waals surface area (Å²) in [6.45, 7) is 6.45. The zero-order valence-corrected chi connectivity index (χ0v) is 15.4. The van der Waals surface area contributed by atoms with Crippen LogP contribution in [0, 0.1) is 0 Å². The van der Waals surface area contributed by atoms with E-state index in [4.69, 9.17) is 5.73 Å². The summed E-state index contributed by atoms with van der Waals surface area (Å²) in [7, 11) is 0. The van der Waals surface area contributed by atoms with Crippen molar-refractivity contribution in [2.45, 2.75) is 26.2 Å². The minimum Gasteiger partial charge on any atom is -0.375 e. The molecule has 0 saturated heterocycles. The van der Waals surface area contributed by atoms with Gasteiger partial charge in [-0.15, -0.1) is 11.3 Å². The zero-order chi connectivity index (χ0) is 18.0. The molecule has 4 nitrogen and oxygen atoms in total. The topological polar surface area (TPSA) is 68.0 Å². The van der Waals surface area contributed by atoms with Gasteiger partial charge >= 0.3 is 0 Å². The number of nitrogens with zero attached hydrogens (tertiary/aromatic N) is 1. The average molecular weight is 351 g/mol. The largest absolute Gasteiger partial charge is 0.375 e. The third-order valence-corrected chi connectivity index (χ3v) is 4.63. The van der Waals surface area contributed by atoms with Crippen LogP contribution in [0.3, 0.4) is 0 Å². The van der Waals surface area contributed by atoms with Crippen molar-refractivity contribution in [3.8, 4) is 11.3 Å². The molecule has 0 radical (unpaired) electrons. The SMILES string of the molecule is CC(C)(C)c1ccc(C(=O)Nc2cccc(-c3csc(N)n3)c2)cc1. The first kappa shape index (κ1) is 17.2. The van der Waals surface area contributed by atoms with Crippen LogP contribution in [0.25, 0.3) is 11.3 Å². The molecule has 25 heavy (non-hydrogen) atoms. The molecular formula is C20H21N3OS. The zero-order valence-electron chi connectivity index (χ0n) is 14.5. The second kappa shape index (κ2) is 6.69. The molecule has 0 aliphatic carbocycles. The molecule has 2 aromatic carbocycles. The second-order valence-corrected chi connectivity index (χ2v) is 7.82. The maximum atomic E-state index is 12.5. The van der Waals surface area contributed by atoms with Gasteiger partial charge < -0.3 is 11.1 Å². The number of nitrogens with one attached hydrogen (secondary N) is 1. The second-order valence-electron chi connectivity index (χ2n) is 6.93. The van der Waals surface area contributed by atoms with E-state index in [2.05, 4.69) is 31.1 Å². The van der Waals surface area contributed by atoms with Gasteiger partial charge in [0.25, 0.3) is 5.91 Å². The molecule has 0 atom stereocenters. The Morgan fingerprint density at radius 1 is 1.12 bits per heavy atom. The first-order valence-corrected chi connectivity index (χ1v) is 8.94. The van der Waals surface area contributed by atoms with Crippen LogP contribution < -0.4 is 11.1 Å². The van der Waals surface area contributed by atoms with Gasteiger partial charge in [0, 0.05) is 22.2 Å². The highest BCUT2D eigenvalue weighted by Crippen LogP contribution is 2.26. The molecule has 0 unspecified atom stereocenters. The van der Waals surface area contributed by atoms with Gasteiger partial charge in [-0.05, 0) is 35.2 Å². The van der Waals surface area contributed by atoms with E-state index in [0.29, 0.717) is 10.7 Å². The predicted molar refractivity (Wildman–Crippen MR) is 105 cm³/mol. The molecule has 3 aromatic rings. The lowest BCUT2D eigenvalue weighted by Gasteiger charge is -2.19. The molecule has 0 spiro atoms. The maximum Gasteiger partial charge on any atom is 0.255 e. The van der Waals surface area contributed by atoms with Crippen molar-refractivity contribution >= 4 is 28.1 Å². The Kier molecular flexibility index (Phi) is 4.59. The summed E-state index contributed by atoms with van der Waals surface area (Å²) >= 11 is 1.40. The Hall–Kier alpha value is -2.66. The lowest BCUT2D eigenvalue weighted by atomic mass is 9.87. The molecule has 5 heteroatoms. The van der Waals surface area contributed by atoms with Crippen molar-refractivity contribution in [2.75, 3.05) is 11.1 Å². The van der Waals surface area contributed by atoms with Gasteiger partial charge in [-0.2, -0.15) is 0 Å². The summed E-state index contributed by atoms with van der Waals surface area (Å²) < 4.78 is 0. The number of aromatic nitrogens is 1. The third-order valence-electron chi connectivity index (χ3n) is 3.95. The predicted octanol–water partition coefficient (Wildman–Crippen LogP) is 4.94. The molecule has 1 heterocycles. The molecular weight excluding hydrogens is 330 g/mol. The number of nitrogens with two attached hydrogens (primary N) is 1. The van der Waals surface area contributed by atoms with Gasteiger partial charge in [0.05, 0.1) is 5.69 Å². The minimum atomic E-state index is -0.129. The number of thiazole rings is 1. The number of benzene rings is 2. The van der Waals surface area contributed by atoms with Crippen LogP contribution in [0.2, 0.25) is 0 Å². The van der Waals surface area contributed by atoms with Crippen LogP contribution >= 0.6 is 11.3 Å². The summed E-state index contributed by atoms with van der Waals surface area (Å²) in [4.78, 5) is 16.8. The molecule has 3 N–H and O–H groups in total. The summed E-state index contributed by atoms with van der Waals surface area (Å²) in [5, 5.41) is 5.37. The van der Waals surface area contributed by atoms with Crippen LogP contribution in [0.15, 0.2) is 53.9 Å². The Morgan fingerprint density at radius 2 is 1.84 bits per heavy atom. The van der Waals surface area contributed by atoms with Crippen LogP contribution in [0.4, 0.5) is 10.8 Å². The number of anilines is 2. The normalized spacial score (nSPS) is 11.3. The van der Waals surface area contributed by atoms with Gasteiger partial charge in [0.2, 0.25) is 0 Å². The standard InChI is InChI=1S/C20H21N3OS/c1-20(2,3)15-9-7-13(8-10-15)18(24)22-16-6-4-5-14(11-16)17-12-25-19(21)23-17/h4-12H,1-3H3,(H2,21,23)(H,22,24). The molecule has 128 valence electrons. The molecule has 1 amide bonds. The molecule has 0 aliphatic heterocycles. The highest BCUT2D eigenvalue weighted by atomic mass is 32.1. The summed E-state index contributed by atoms with van der Waals surface area (Å²) in [6, 6.07) is 15.3. The van der Waals surface area contributed by atoms with E-state index in [1.54, 1.807) is 0 Å². The Labute approximate surface area is 151 Å². The van der Waals surface area contributed by atoms with Crippen molar-refractivity contribution in [2.24, 2.45) is 0 Å². The maximum absolute atomic E-state index is 12.5. The van der Waals surface area contributed by atoms with E-state index in [-0.39, 0.29) is 11.3 Å². The van der Waals surface area contributed by atoms with E-state index in [9.17, 15) is 4.79 Å². The van der Waals surface area contributed by atoms with Gasteiger partial charge in [0.1, 0.15) is 0 Å². The Bertz CT molecular complexity index is 892. The van der Waals surface area contributed by atoms with Crippen molar-refractivity contribution in [1.82, 2.24) is 4.98 Å². The summed E-state index contributed by atoms with van der Waals surface area (Å²) in [5.74, 6) is -0.129. The summed E-state index contributed by atoms with van der Waals surface area (Å²) in [6.07, 6.45) is 0. The van der Waals surface area contributed by atoms with Gasteiger partial charge in [0.15, 0.2) is 5.13 Å². The number of hydrogen-bond donors (Lipinski definition) is 2. The van der Waals surface area contributed by atoms with Crippen molar-refractivity contribution in [1.29, 1.82) is 0 Å². The highest BCUT2D eigenvalue weighted by molar-refractivity contribution is 7.13. The quantitative estimate of drug-likeness (QED) is 0.702. The number of amides is 1. The smallest absolute Gasteiger partial charge is 0.255 e. The fourth-order valence-corrected chi connectivity index (χ4v) is 3.07. The molecule has 0 aliphatic rings. The Morgan fingerprint density at radius 3 is 2.44 bits per heavy atom. The van der Waals surface area contributed by atoms with Crippen molar-refractivity contribution in [3.63, 3.8) is 0 Å². The molecule has 3 rings (SSSR count). The van der Waals surface area contributed by atoms with Crippen LogP contribution in [0.1, 0.15) is 36.7 Å². The first-order valence-electron chi connectivity index (χ1n) is 8.06.